The number of rotatable bonds is 6. The number of fused-ring (bicyclic) bond motifs is 1. The summed E-state index contributed by atoms with van der Waals surface area (Å²) in [6.45, 7) is 6.48. The molecule has 0 spiro atoms. The summed E-state index contributed by atoms with van der Waals surface area (Å²) < 4.78 is 1.74. The predicted molar refractivity (Wildman–Crippen MR) is 123 cm³/mol. The lowest BCUT2D eigenvalue weighted by molar-refractivity contribution is -0.128. The number of imidazole rings is 1. The van der Waals surface area contributed by atoms with Crippen LogP contribution in [0.1, 0.15) is 37.7 Å². The van der Waals surface area contributed by atoms with Gasteiger partial charge >= 0.3 is 0 Å². The Bertz CT molecular complexity index is 1040. The third-order valence-corrected chi connectivity index (χ3v) is 5.67. The van der Waals surface area contributed by atoms with Crippen LogP contribution in [-0.2, 0) is 11.2 Å². The number of aryl methyl sites for hydroxylation is 1. The molecule has 1 aliphatic carbocycles. The average molecular weight is 441 g/mol. The number of aliphatic hydroxyl groups is 2. The largest absolute Gasteiger partial charge is 0.390 e. The van der Waals surface area contributed by atoms with Crippen molar-refractivity contribution in [3.8, 4) is 0 Å². The van der Waals surface area contributed by atoms with E-state index in [0.29, 0.717) is 35.8 Å². The molecule has 1 aromatic carbocycles. The Balaban J connectivity index is 0.00000141. The molecule has 2 heterocycles. The second kappa shape index (κ2) is 10.5. The van der Waals surface area contributed by atoms with Crippen LogP contribution >= 0.6 is 0 Å². The van der Waals surface area contributed by atoms with Crippen molar-refractivity contribution < 1.29 is 15.0 Å². The molecule has 4 rings (SSSR count). The Morgan fingerprint density at radius 2 is 1.88 bits per heavy atom. The van der Waals surface area contributed by atoms with Gasteiger partial charge in [0.2, 0.25) is 5.91 Å². The van der Waals surface area contributed by atoms with Crippen LogP contribution in [0, 0.1) is 12.8 Å². The van der Waals surface area contributed by atoms with E-state index in [1.165, 1.54) is 12.6 Å². The predicted octanol–water partition coefficient (Wildman–Crippen LogP) is 1.84. The summed E-state index contributed by atoms with van der Waals surface area (Å²) in [5, 5.41) is 26.8. The van der Waals surface area contributed by atoms with Gasteiger partial charge in [0.25, 0.3) is 0 Å². The molecule has 1 aliphatic rings. The maximum absolute atomic E-state index is 12.0. The van der Waals surface area contributed by atoms with Crippen LogP contribution < -0.4 is 10.6 Å². The van der Waals surface area contributed by atoms with Gasteiger partial charge in [-0.15, -0.1) is 0 Å². The summed E-state index contributed by atoms with van der Waals surface area (Å²) >= 11 is 0. The van der Waals surface area contributed by atoms with Gasteiger partial charge in [-0.2, -0.15) is 0 Å². The topological polar surface area (TPSA) is 125 Å². The molecular weight excluding hydrogens is 408 g/mol. The van der Waals surface area contributed by atoms with Crippen LogP contribution in [0.15, 0.2) is 36.7 Å². The van der Waals surface area contributed by atoms with Gasteiger partial charge in [-0.1, -0.05) is 44.2 Å². The minimum Gasteiger partial charge on any atom is -0.390 e. The van der Waals surface area contributed by atoms with Crippen molar-refractivity contribution in [2.75, 3.05) is 18.9 Å². The molecule has 32 heavy (non-hydrogen) atoms. The van der Waals surface area contributed by atoms with Gasteiger partial charge in [0.15, 0.2) is 11.5 Å². The third kappa shape index (κ3) is 4.73. The van der Waals surface area contributed by atoms with E-state index in [1.54, 1.807) is 17.8 Å². The zero-order valence-corrected chi connectivity index (χ0v) is 19.0. The lowest BCUT2D eigenvalue weighted by atomic mass is 10.1. The molecule has 3 aromatic rings. The zero-order chi connectivity index (χ0) is 23.3. The quantitative estimate of drug-likeness (QED) is 0.461. The highest BCUT2D eigenvalue weighted by atomic mass is 16.3. The van der Waals surface area contributed by atoms with Crippen LogP contribution in [-0.4, -0.2) is 61.4 Å². The fourth-order valence-corrected chi connectivity index (χ4v) is 4.09. The van der Waals surface area contributed by atoms with E-state index in [2.05, 4.69) is 37.7 Å². The van der Waals surface area contributed by atoms with Crippen molar-refractivity contribution in [2.45, 2.75) is 51.9 Å². The Morgan fingerprint density at radius 3 is 2.56 bits per heavy atom. The molecule has 2 aromatic heterocycles. The van der Waals surface area contributed by atoms with Crippen molar-refractivity contribution in [1.29, 1.82) is 0 Å². The fourth-order valence-electron chi connectivity index (χ4n) is 4.09. The molecule has 4 unspecified atom stereocenters. The van der Waals surface area contributed by atoms with Gasteiger partial charge < -0.3 is 25.4 Å². The zero-order valence-electron chi connectivity index (χ0n) is 19.0. The second-order valence-electron chi connectivity index (χ2n) is 7.61. The van der Waals surface area contributed by atoms with Crippen molar-refractivity contribution in [3.63, 3.8) is 0 Å². The van der Waals surface area contributed by atoms with Crippen LogP contribution in [0.25, 0.3) is 11.2 Å². The average Bonchev–Trinajstić information content (AvgIpc) is 3.36. The second-order valence-corrected chi connectivity index (χ2v) is 7.61. The Morgan fingerprint density at radius 1 is 1.16 bits per heavy atom. The van der Waals surface area contributed by atoms with Crippen molar-refractivity contribution >= 4 is 22.9 Å². The normalized spacial score (nSPS) is 22.3. The molecule has 0 radical (unpaired) electrons. The van der Waals surface area contributed by atoms with E-state index in [9.17, 15) is 15.0 Å². The summed E-state index contributed by atoms with van der Waals surface area (Å²) in [7, 11) is 1.52. The first kappa shape index (κ1) is 23.6. The molecule has 1 saturated carbocycles. The highest BCUT2D eigenvalue weighted by molar-refractivity contribution is 5.83. The molecule has 0 saturated heterocycles. The number of anilines is 1. The highest BCUT2D eigenvalue weighted by Gasteiger charge is 2.46. The van der Waals surface area contributed by atoms with E-state index in [-0.39, 0.29) is 5.91 Å². The molecule has 9 nitrogen and oxygen atoms in total. The Hall–Kier alpha value is -3.04. The standard InChI is InChI=1S/C21H26N6O3.C2H6/c1-12-25-19(23-9-8-13-6-4-3-5-7-13)16-20(26-12)27(11-24-16)15-10-14(21(30)22-2)17(28)18(15)29;1-2/h3-7,11,14-15,17-18,28-29H,8-10H2,1-2H3,(H,22,30)(H,23,25,26);1-2H3. The first-order chi connectivity index (χ1) is 15.5. The SMILES string of the molecule is CC.CNC(=O)C1CC(n2cnc3c(NCCc4ccccc4)nc(C)nc32)C(O)C1O. The molecule has 1 amide bonds. The molecule has 4 atom stereocenters. The summed E-state index contributed by atoms with van der Waals surface area (Å²) in [4.78, 5) is 25.5. The lowest BCUT2D eigenvalue weighted by Crippen LogP contribution is -2.36. The lowest BCUT2D eigenvalue weighted by Gasteiger charge is -2.18. The monoisotopic (exact) mass is 440 g/mol. The molecule has 9 heteroatoms. The molecule has 0 bridgehead atoms. The number of carbonyl (C=O) groups is 1. The van der Waals surface area contributed by atoms with Gasteiger partial charge in [-0.25, -0.2) is 15.0 Å². The van der Waals surface area contributed by atoms with E-state index >= 15 is 0 Å². The first-order valence-electron chi connectivity index (χ1n) is 11.1. The number of nitrogens with one attached hydrogen (secondary N) is 2. The van der Waals surface area contributed by atoms with Crippen molar-refractivity contribution in [3.05, 3.63) is 48.0 Å². The van der Waals surface area contributed by atoms with Crippen LogP contribution in [0.3, 0.4) is 0 Å². The van der Waals surface area contributed by atoms with E-state index in [4.69, 9.17) is 0 Å². The fraction of sp³-hybridized carbons (Fsp3) is 0.478. The summed E-state index contributed by atoms with van der Waals surface area (Å²) in [6, 6.07) is 9.66. The third-order valence-electron chi connectivity index (χ3n) is 5.67. The Labute approximate surface area is 187 Å². The van der Waals surface area contributed by atoms with E-state index < -0.39 is 24.2 Å². The number of hydrogen-bond acceptors (Lipinski definition) is 7. The summed E-state index contributed by atoms with van der Waals surface area (Å²) in [5.74, 6) is 0.229. The van der Waals surface area contributed by atoms with Gasteiger partial charge in [0.1, 0.15) is 17.4 Å². The Kier molecular flexibility index (Phi) is 7.76. The first-order valence-corrected chi connectivity index (χ1v) is 11.1. The number of hydrogen-bond donors (Lipinski definition) is 4. The van der Waals surface area contributed by atoms with Gasteiger partial charge in [-0.05, 0) is 25.3 Å². The maximum Gasteiger partial charge on any atom is 0.225 e. The maximum atomic E-state index is 12.0. The van der Waals surface area contributed by atoms with Crippen LogP contribution in [0.5, 0.6) is 0 Å². The van der Waals surface area contributed by atoms with E-state index in [1.807, 2.05) is 32.0 Å². The summed E-state index contributed by atoms with van der Waals surface area (Å²) in [6.07, 6.45) is 0.502. The van der Waals surface area contributed by atoms with Crippen molar-refractivity contribution in [1.82, 2.24) is 24.8 Å². The van der Waals surface area contributed by atoms with Gasteiger partial charge in [0, 0.05) is 13.6 Å². The molecule has 1 fully saturated rings. The number of aliphatic hydroxyl groups excluding tert-OH is 2. The van der Waals surface area contributed by atoms with Crippen LogP contribution in [0.4, 0.5) is 5.82 Å². The number of nitrogens with zero attached hydrogens (tertiary/aromatic N) is 4. The summed E-state index contributed by atoms with van der Waals surface area (Å²) in [5.41, 5.74) is 2.39. The number of aromatic nitrogens is 4. The molecule has 4 N–H and O–H groups in total. The number of benzene rings is 1. The minimum atomic E-state index is -1.14. The van der Waals surface area contributed by atoms with Crippen molar-refractivity contribution in [2.24, 2.45) is 5.92 Å². The van der Waals surface area contributed by atoms with Gasteiger partial charge in [0.05, 0.1) is 24.4 Å². The molecular formula is C23H32N6O3. The van der Waals surface area contributed by atoms with E-state index in [0.717, 1.165) is 6.42 Å². The van der Waals surface area contributed by atoms with Crippen LogP contribution in [0.2, 0.25) is 0 Å². The molecule has 0 aliphatic heterocycles. The van der Waals surface area contributed by atoms with Gasteiger partial charge in [-0.3, -0.25) is 4.79 Å². The highest BCUT2D eigenvalue weighted by Crippen LogP contribution is 2.37. The number of carbonyl (C=O) groups excluding carboxylic acids is 1. The minimum absolute atomic E-state index is 0.289. The molecule has 172 valence electrons. The number of amides is 1. The smallest absolute Gasteiger partial charge is 0.225 e.